The van der Waals surface area contributed by atoms with Gasteiger partial charge < -0.3 is 15.6 Å². The van der Waals surface area contributed by atoms with E-state index in [9.17, 15) is 4.79 Å². The molecule has 1 amide bonds. The molecule has 4 rings (SSSR count). The molecular weight excluding hydrogens is 320 g/mol. The molecule has 0 aliphatic carbocycles. The van der Waals surface area contributed by atoms with Crippen molar-refractivity contribution in [2.75, 3.05) is 13.1 Å². The number of carbonyl (C=O) groups is 1. The number of nitrogens with two attached hydrogens (primary N) is 1. The second-order valence-electron chi connectivity index (χ2n) is 6.00. The molecule has 1 aliphatic heterocycles. The van der Waals surface area contributed by atoms with Crippen molar-refractivity contribution >= 4 is 5.91 Å². The summed E-state index contributed by atoms with van der Waals surface area (Å²) in [4.78, 5) is 16.1. The van der Waals surface area contributed by atoms with E-state index in [4.69, 9.17) is 10.3 Å². The number of hydrogen-bond donors (Lipinski definition) is 2. The van der Waals surface area contributed by atoms with E-state index in [2.05, 4.69) is 20.6 Å². The second-order valence-corrected chi connectivity index (χ2v) is 6.00. The monoisotopic (exact) mass is 338 g/mol. The average Bonchev–Trinajstić information content (AvgIpc) is 3.30. The maximum Gasteiger partial charge on any atom is 0.271 e. The number of amides is 1. The standard InChI is InChI=1S/C17H18N6O2/c18-17(24)15-14(16(25-22-15)13-3-1-2-6-20-13)11-9-21-23(10-11)12-4-7-19-8-5-12/h1-3,6,9-10,12,19H,4-5,7-8H2,(H2,18,24). The summed E-state index contributed by atoms with van der Waals surface area (Å²) in [7, 11) is 0. The summed E-state index contributed by atoms with van der Waals surface area (Å²) in [5, 5.41) is 11.7. The van der Waals surface area contributed by atoms with Crippen molar-refractivity contribution < 1.29 is 9.32 Å². The number of aromatic nitrogens is 4. The highest BCUT2D eigenvalue weighted by Gasteiger charge is 2.25. The Morgan fingerprint density at radius 1 is 1.32 bits per heavy atom. The Bertz CT molecular complexity index is 880. The highest BCUT2D eigenvalue weighted by atomic mass is 16.5. The largest absolute Gasteiger partial charge is 0.364 e. The van der Waals surface area contributed by atoms with E-state index in [1.165, 1.54) is 0 Å². The third-order valence-electron chi connectivity index (χ3n) is 4.40. The summed E-state index contributed by atoms with van der Waals surface area (Å²) >= 11 is 0. The minimum absolute atomic E-state index is 0.0884. The summed E-state index contributed by atoms with van der Waals surface area (Å²) in [6.07, 6.45) is 7.32. The highest BCUT2D eigenvalue weighted by Crippen LogP contribution is 2.34. The van der Waals surface area contributed by atoms with Crippen LogP contribution >= 0.6 is 0 Å². The lowest BCUT2D eigenvalue weighted by atomic mass is 10.0. The van der Waals surface area contributed by atoms with Crippen molar-refractivity contribution in [2.24, 2.45) is 5.73 Å². The van der Waals surface area contributed by atoms with Gasteiger partial charge in [-0.25, -0.2) is 0 Å². The van der Waals surface area contributed by atoms with E-state index in [0.29, 0.717) is 23.1 Å². The van der Waals surface area contributed by atoms with Crippen molar-refractivity contribution in [1.82, 2.24) is 25.2 Å². The fourth-order valence-corrected chi connectivity index (χ4v) is 3.14. The first-order valence-electron chi connectivity index (χ1n) is 8.20. The molecule has 0 spiro atoms. The van der Waals surface area contributed by atoms with E-state index in [0.717, 1.165) is 31.5 Å². The van der Waals surface area contributed by atoms with Crippen LogP contribution in [-0.4, -0.2) is 38.9 Å². The van der Waals surface area contributed by atoms with E-state index in [-0.39, 0.29) is 5.69 Å². The van der Waals surface area contributed by atoms with Crippen molar-refractivity contribution in [1.29, 1.82) is 0 Å². The van der Waals surface area contributed by atoms with E-state index < -0.39 is 5.91 Å². The van der Waals surface area contributed by atoms with Crippen molar-refractivity contribution in [3.8, 4) is 22.6 Å². The SMILES string of the molecule is NC(=O)c1noc(-c2ccccn2)c1-c1cnn(C2CCNCC2)c1. The first kappa shape index (κ1) is 15.5. The van der Waals surface area contributed by atoms with Gasteiger partial charge in [-0.1, -0.05) is 11.2 Å². The molecule has 0 atom stereocenters. The summed E-state index contributed by atoms with van der Waals surface area (Å²) in [6.45, 7) is 1.94. The normalized spacial score (nSPS) is 15.4. The van der Waals surface area contributed by atoms with E-state index >= 15 is 0 Å². The number of primary amides is 1. The molecule has 3 aromatic rings. The topological polar surface area (TPSA) is 112 Å². The number of pyridine rings is 1. The van der Waals surface area contributed by atoms with Crippen molar-refractivity contribution in [3.63, 3.8) is 0 Å². The second kappa shape index (κ2) is 6.48. The molecule has 1 aliphatic rings. The van der Waals surface area contributed by atoms with Crippen molar-refractivity contribution in [3.05, 3.63) is 42.5 Å². The van der Waals surface area contributed by atoms with Crippen LogP contribution in [0.25, 0.3) is 22.6 Å². The fourth-order valence-electron chi connectivity index (χ4n) is 3.14. The van der Waals surface area contributed by atoms with Gasteiger partial charge in [-0.05, 0) is 38.1 Å². The lowest BCUT2D eigenvalue weighted by Gasteiger charge is -2.22. The van der Waals surface area contributed by atoms with Gasteiger partial charge >= 0.3 is 0 Å². The molecule has 0 aromatic carbocycles. The Morgan fingerprint density at radius 2 is 2.16 bits per heavy atom. The number of carbonyl (C=O) groups excluding carboxylic acids is 1. The van der Waals surface area contributed by atoms with Crippen LogP contribution in [0.15, 0.2) is 41.3 Å². The number of piperidine rings is 1. The summed E-state index contributed by atoms with van der Waals surface area (Å²) in [5.41, 5.74) is 7.43. The Kier molecular flexibility index (Phi) is 4.02. The third kappa shape index (κ3) is 2.91. The van der Waals surface area contributed by atoms with Gasteiger partial charge in [0.15, 0.2) is 11.5 Å². The van der Waals surface area contributed by atoms with Gasteiger partial charge in [0.1, 0.15) is 5.69 Å². The number of hydrogen-bond acceptors (Lipinski definition) is 6. The van der Waals surface area contributed by atoms with Gasteiger partial charge in [-0.2, -0.15) is 5.10 Å². The Morgan fingerprint density at radius 3 is 2.88 bits per heavy atom. The summed E-state index contributed by atoms with van der Waals surface area (Å²) in [5.74, 6) is -0.227. The zero-order valence-corrected chi connectivity index (χ0v) is 13.6. The minimum atomic E-state index is -0.643. The van der Waals surface area contributed by atoms with Crippen LogP contribution in [0.1, 0.15) is 29.4 Å². The number of nitrogens with zero attached hydrogens (tertiary/aromatic N) is 4. The predicted octanol–water partition coefficient (Wildman–Crippen LogP) is 1.62. The Labute approximate surface area is 144 Å². The van der Waals surface area contributed by atoms with Gasteiger partial charge in [-0.15, -0.1) is 0 Å². The Hall–Kier alpha value is -3.00. The van der Waals surface area contributed by atoms with Gasteiger partial charge in [0, 0.05) is 18.0 Å². The molecule has 8 nitrogen and oxygen atoms in total. The molecule has 8 heteroatoms. The molecule has 0 saturated carbocycles. The molecule has 3 N–H and O–H groups in total. The molecule has 0 radical (unpaired) electrons. The van der Waals surface area contributed by atoms with Crippen LogP contribution in [0.5, 0.6) is 0 Å². The van der Waals surface area contributed by atoms with Crippen LogP contribution in [0.2, 0.25) is 0 Å². The first-order valence-corrected chi connectivity index (χ1v) is 8.20. The molecule has 0 bridgehead atoms. The van der Waals surface area contributed by atoms with Crippen LogP contribution in [0, 0.1) is 0 Å². The van der Waals surface area contributed by atoms with Gasteiger partial charge in [0.25, 0.3) is 5.91 Å². The van der Waals surface area contributed by atoms with E-state index in [1.807, 2.05) is 23.0 Å². The quantitative estimate of drug-likeness (QED) is 0.747. The van der Waals surface area contributed by atoms with Crippen LogP contribution in [0.3, 0.4) is 0 Å². The van der Waals surface area contributed by atoms with E-state index in [1.54, 1.807) is 18.5 Å². The molecule has 25 heavy (non-hydrogen) atoms. The first-order chi connectivity index (χ1) is 12.2. The smallest absolute Gasteiger partial charge is 0.271 e. The Balaban J connectivity index is 1.77. The molecule has 128 valence electrons. The van der Waals surface area contributed by atoms with Gasteiger partial charge in [0.2, 0.25) is 0 Å². The molecule has 3 aromatic heterocycles. The average molecular weight is 338 g/mol. The molecular formula is C17H18N6O2. The maximum atomic E-state index is 11.8. The van der Waals surface area contributed by atoms with Crippen LogP contribution in [0.4, 0.5) is 0 Å². The van der Waals surface area contributed by atoms with Crippen LogP contribution in [-0.2, 0) is 0 Å². The predicted molar refractivity (Wildman–Crippen MR) is 90.6 cm³/mol. The summed E-state index contributed by atoms with van der Waals surface area (Å²) in [6, 6.07) is 5.79. The van der Waals surface area contributed by atoms with Gasteiger partial charge in [0.05, 0.1) is 17.8 Å². The third-order valence-corrected chi connectivity index (χ3v) is 4.40. The maximum absolute atomic E-state index is 11.8. The minimum Gasteiger partial charge on any atom is -0.364 e. The zero-order chi connectivity index (χ0) is 17.2. The lowest BCUT2D eigenvalue weighted by Crippen LogP contribution is -2.29. The zero-order valence-electron chi connectivity index (χ0n) is 13.6. The number of nitrogens with one attached hydrogen (secondary N) is 1. The number of rotatable bonds is 4. The van der Waals surface area contributed by atoms with Gasteiger partial charge in [-0.3, -0.25) is 14.5 Å². The molecule has 0 unspecified atom stereocenters. The lowest BCUT2D eigenvalue weighted by molar-refractivity contribution is 0.0992. The molecule has 1 fully saturated rings. The van der Waals surface area contributed by atoms with Crippen molar-refractivity contribution in [2.45, 2.75) is 18.9 Å². The molecule has 4 heterocycles. The summed E-state index contributed by atoms with van der Waals surface area (Å²) < 4.78 is 7.33. The molecule has 1 saturated heterocycles. The fraction of sp³-hybridized carbons (Fsp3) is 0.294. The van der Waals surface area contributed by atoms with Crippen LogP contribution < -0.4 is 11.1 Å². The highest BCUT2D eigenvalue weighted by molar-refractivity contribution is 6.00.